The first-order chi connectivity index (χ1) is 15.6. The van der Waals surface area contributed by atoms with Crippen LogP contribution >= 0.6 is 0 Å². The summed E-state index contributed by atoms with van der Waals surface area (Å²) in [5, 5.41) is 0. The lowest BCUT2D eigenvalue weighted by Crippen LogP contribution is -2.43. The normalized spacial score (nSPS) is 27.2. The van der Waals surface area contributed by atoms with E-state index in [9.17, 15) is 4.79 Å². The fraction of sp³-hybridized carbons (Fsp3) is 0.400. The third-order valence-electron chi connectivity index (χ3n) is 7.00. The van der Waals surface area contributed by atoms with Gasteiger partial charge in [-0.15, -0.1) is 0 Å². The Bertz CT molecular complexity index is 1130. The van der Waals surface area contributed by atoms with Crippen LogP contribution in [0.25, 0.3) is 0 Å². The highest BCUT2D eigenvalue weighted by molar-refractivity contribution is 5.90. The van der Waals surface area contributed by atoms with Crippen molar-refractivity contribution in [3.8, 4) is 23.0 Å². The SMILES string of the molecule is COc1ccc2c3c1O[C@H]1C[C@@H](OC(=O)c4ccc5c(c4)OCO5)C=C[C@@]31CCN(C)C2. The van der Waals surface area contributed by atoms with Gasteiger partial charge in [-0.2, -0.15) is 0 Å². The molecule has 0 N–H and O–H groups in total. The fourth-order valence-corrected chi connectivity index (χ4v) is 5.38. The van der Waals surface area contributed by atoms with Crippen molar-refractivity contribution in [1.82, 2.24) is 4.90 Å². The number of nitrogens with zero attached hydrogens (tertiary/aromatic N) is 1. The number of carbonyl (C=O) groups excluding carboxylic acids is 1. The van der Waals surface area contributed by atoms with E-state index in [1.54, 1.807) is 25.3 Å². The predicted molar refractivity (Wildman–Crippen MR) is 116 cm³/mol. The minimum atomic E-state index is -0.386. The maximum absolute atomic E-state index is 12.8. The number of hydrogen-bond acceptors (Lipinski definition) is 7. The van der Waals surface area contributed by atoms with E-state index in [4.69, 9.17) is 23.7 Å². The van der Waals surface area contributed by atoms with Crippen molar-refractivity contribution < 1.29 is 28.5 Å². The van der Waals surface area contributed by atoms with Crippen LogP contribution in [-0.2, 0) is 16.7 Å². The zero-order valence-electron chi connectivity index (χ0n) is 18.1. The first kappa shape index (κ1) is 19.5. The van der Waals surface area contributed by atoms with E-state index in [2.05, 4.69) is 24.1 Å². The Labute approximate surface area is 186 Å². The van der Waals surface area contributed by atoms with Gasteiger partial charge >= 0.3 is 5.97 Å². The fourth-order valence-electron chi connectivity index (χ4n) is 5.38. The number of hydrogen-bond donors (Lipinski definition) is 0. The number of carbonyl (C=O) groups is 1. The molecule has 0 aromatic heterocycles. The summed E-state index contributed by atoms with van der Waals surface area (Å²) in [5.74, 6) is 2.40. The van der Waals surface area contributed by atoms with Gasteiger partial charge in [-0.25, -0.2) is 4.79 Å². The lowest BCUT2D eigenvalue weighted by Gasteiger charge is -2.36. The smallest absolute Gasteiger partial charge is 0.338 e. The van der Waals surface area contributed by atoms with E-state index in [0.29, 0.717) is 23.5 Å². The van der Waals surface area contributed by atoms with Crippen molar-refractivity contribution in [3.63, 3.8) is 0 Å². The van der Waals surface area contributed by atoms with Crippen molar-refractivity contribution in [1.29, 1.82) is 0 Å². The maximum atomic E-state index is 12.8. The molecule has 0 amide bonds. The Balaban J connectivity index is 1.29. The van der Waals surface area contributed by atoms with Gasteiger partial charge < -0.3 is 28.6 Å². The molecule has 7 heteroatoms. The van der Waals surface area contributed by atoms with Gasteiger partial charge in [-0.1, -0.05) is 12.1 Å². The molecule has 1 spiro atoms. The molecule has 4 aliphatic rings. The Kier molecular flexibility index (Phi) is 4.37. The topological polar surface area (TPSA) is 66.5 Å². The monoisotopic (exact) mass is 435 g/mol. The minimum Gasteiger partial charge on any atom is -0.493 e. The zero-order valence-corrected chi connectivity index (χ0v) is 18.1. The molecule has 2 aromatic rings. The van der Waals surface area contributed by atoms with E-state index < -0.39 is 0 Å². The molecule has 0 saturated carbocycles. The van der Waals surface area contributed by atoms with Gasteiger partial charge in [0, 0.05) is 18.5 Å². The van der Waals surface area contributed by atoms with Crippen molar-refractivity contribution in [3.05, 3.63) is 59.2 Å². The number of methoxy groups -OCH3 is 1. The molecule has 0 bridgehead atoms. The first-order valence-corrected chi connectivity index (χ1v) is 10.9. The van der Waals surface area contributed by atoms with Crippen LogP contribution in [0.5, 0.6) is 23.0 Å². The standard InChI is InChI=1S/C25H25NO6/c1-26-10-9-25-8-7-17(31-24(27)15-3-5-18-20(11-15)30-14-29-18)12-21(25)32-23-19(28-2)6-4-16(13-26)22(23)25/h3-8,11,17,21H,9-10,12-14H2,1-2H3/t17-,21-,25-/m0/s1. The van der Waals surface area contributed by atoms with Crippen molar-refractivity contribution in [2.24, 2.45) is 0 Å². The summed E-state index contributed by atoms with van der Waals surface area (Å²) in [6.07, 6.45) is 5.28. The molecule has 0 fully saturated rings. The van der Waals surface area contributed by atoms with Gasteiger partial charge in [0.25, 0.3) is 0 Å². The van der Waals surface area contributed by atoms with Crippen LogP contribution in [0.3, 0.4) is 0 Å². The zero-order chi connectivity index (χ0) is 21.9. The van der Waals surface area contributed by atoms with E-state index in [1.165, 1.54) is 11.1 Å². The molecule has 0 radical (unpaired) electrons. The van der Waals surface area contributed by atoms with E-state index in [1.807, 2.05) is 12.1 Å². The molecule has 6 rings (SSSR count). The van der Waals surface area contributed by atoms with E-state index >= 15 is 0 Å². The summed E-state index contributed by atoms with van der Waals surface area (Å²) >= 11 is 0. The Morgan fingerprint density at radius 2 is 2.06 bits per heavy atom. The Hall–Kier alpha value is -3.19. The van der Waals surface area contributed by atoms with Gasteiger partial charge in [-0.05, 0) is 55.9 Å². The van der Waals surface area contributed by atoms with Gasteiger partial charge in [0.2, 0.25) is 6.79 Å². The Morgan fingerprint density at radius 1 is 1.19 bits per heavy atom. The minimum absolute atomic E-state index is 0.112. The summed E-state index contributed by atoms with van der Waals surface area (Å²) in [4.78, 5) is 15.2. The molecule has 3 atom stereocenters. The van der Waals surface area contributed by atoms with Crippen molar-refractivity contribution in [2.45, 2.75) is 37.0 Å². The van der Waals surface area contributed by atoms with E-state index in [-0.39, 0.29) is 30.4 Å². The highest BCUT2D eigenvalue weighted by Crippen LogP contribution is 2.55. The summed E-state index contributed by atoms with van der Waals surface area (Å²) in [7, 11) is 3.82. The lowest BCUT2D eigenvalue weighted by molar-refractivity contribution is 0.0217. The third kappa shape index (κ3) is 2.88. The molecule has 3 heterocycles. The number of rotatable bonds is 3. The van der Waals surface area contributed by atoms with Crippen LogP contribution in [0.4, 0.5) is 0 Å². The van der Waals surface area contributed by atoms with Gasteiger partial charge in [0.1, 0.15) is 12.2 Å². The number of benzene rings is 2. The van der Waals surface area contributed by atoms with Crippen LogP contribution < -0.4 is 18.9 Å². The van der Waals surface area contributed by atoms with Crippen LogP contribution in [0, 0.1) is 0 Å². The highest BCUT2D eigenvalue weighted by atomic mass is 16.7. The summed E-state index contributed by atoms with van der Waals surface area (Å²) in [6, 6.07) is 9.23. The predicted octanol–water partition coefficient (Wildman–Crippen LogP) is 3.44. The quantitative estimate of drug-likeness (QED) is 0.540. The summed E-state index contributed by atoms with van der Waals surface area (Å²) < 4.78 is 28.7. The third-order valence-corrected chi connectivity index (χ3v) is 7.00. The average molecular weight is 435 g/mol. The van der Waals surface area contributed by atoms with Crippen LogP contribution in [0.1, 0.15) is 34.3 Å². The molecule has 0 saturated heterocycles. The average Bonchev–Trinajstić information content (AvgIpc) is 3.36. The second-order valence-corrected chi connectivity index (χ2v) is 8.87. The van der Waals surface area contributed by atoms with Gasteiger partial charge in [0.05, 0.1) is 18.1 Å². The summed E-state index contributed by atoms with van der Waals surface area (Å²) in [5.41, 5.74) is 2.70. The molecular weight excluding hydrogens is 410 g/mol. The van der Waals surface area contributed by atoms with Crippen molar-refractivity contribution >= 4 is 5.97 Å². The molecular formula is C25H25NO6. The van der Waals surface area contributed by atoms with Crippen LogP contribution in [-0.4, -0.2) is 50.6 Å². The molecule has 7 nitrogen and oxygen atoms in total. The maximum Gasteiger partial charge on any atom is 0.338 e. The number of ether oxygens (including phenoxy) is 5. The van der Waals surface area contributed by atoms with Crippen LogP contribution in [0.15, 0.2) is 42.5 Å². The molecule has 32 heavy (non-hydrogen) atoms. The number of esters is 1. The summed E-state index contributed by atoms with van der Waals surface area (Å²) in [6.45, 7) is 2.00. The highest BCUT2D eigenvalue weighted by Gasteiger charge is 2.53. The van der Waals surface area contributed by atoms with E-state index in [0.717, 1.165) is 31.0 Å². The first-order valence-electron chi connectivity index (χ1n) is 10.9. The molecule has 1 aliphatic carbocycles. The van der Waals surface area contributed by atoms with Gasteiger partial charge in [-0.3, -0.25) is 0 Å². The van der Waals surface area contributed by atoms with Crippen LogP contribution in [0.2, 0.25) is 0 Å². The Morgan fingerprint density at radius 3 is 2.94 bits per heavy atom. The molecule has 2 aromatic carbocycles. The molecule has 3 aliphatic heterocycles. The van der Waals surface area contributed by atoms with Crippen molar-refractivity contribution in [2.75, 3.05) is 27.5 Å². The molecule has 0 unspecified atom stereocenters. The molecule has 166 valence electrons. The van der Waals surface area contributed by atoms with Gasteiger partial charge in [0.15, 0.2) is 23.0 Å². The second-order valence-electron chi connectivity index (χ2n) is 8.87. The largest absolute Gasteiger partial charge is 0.493 e. The second kappa shape index (κ2) is 7.17. The number of fused-ring (bicyclic) bond motifs is 1. The lowest BCUT2D eigenvalue weighted by atomic mass is 9.69.